The molecule has 0 saturated heterocycles. The van der Waals surface area contributed by atoms with Crippen molar-refractivity contribution in [2.24, 2.45) is 0 Å². The minimum Gasteiger partial charge on any atom is -0.394 e. The molecule has 4 aromatic rings. The summed E-state index contributed by atoms with van der Waals surface area (Å²) in [6.07, 6.45) is 4.13. The van der Waals surface area contributed by atoms with Crippen LogP contribution in [0.15, 0.2) is 70.5 Å². The van der Waals surface area contributed by atoms with E-state index >= 15 is 0 Å². The van der Waals surface area contributed by atoms with Gasteiger partial charge in [0.1, 0.15) is 11.4 Å². The maximum absolute atomic E-state index is 12.3. The second-order valence-electron chi connectivity index (χ2n) is 7.86. The summed E-state index contributed by atoms with van der Waals surface area (Å²) in [6, 6.07) is 14.2. The van der Waals surface area contributed by atoms with E-state index in [9.17, 15) is 13.5 Å². The summed E-state index contributed by atoms with van der Waals surface area (Å²) >= 11 is 0. The average Bonchev–Trinajstić information content (AvgIpc) is 3.38. The Labute approximate surface area is 196 Å². The summed E-state index contributed by atoms with van der Waals surface area (Å²) < 4.78 is 29.8. The Balaban J connectivity index is 1.47. The van der Waals surface area contributed by atoms with Gasteiger partial charge in [-0.25, -0.2) is 13.4 Å². The number of hydrogen-bond acceptors (Lipinski definition) is 10. The van der Waals surface area contributed by atoms with Gasteiger partial charge in [-0.2, -0.15) is 9.97 Å². The molecule has 3 heterocycles. The number of aryl methyl sites for hydroxylation is 1. The molecule has 0 amide bonds. The highest BCUT2D eigenvalue weighted by Crippen LogP contribution is 2.31. The van der Waals surface area contributed by atoms with Crippen molar-refractivity contribution < 1.29 is 18.0 Å². The number of anilines is 3. The average molecular weight is 479 g/mol. The SMILES string of the molecule is O=S1(=O)CCCc2cc(Nc3ncc(-c4ncno4)c(N[C@H](CO)c4ccccc4)n3)ccc21. The molecular formula is C23H22N6O4S. The largest absolute Gasteiger partial charge is 0.394 e. The number of aromatic nitrogens is 4. The summed E-state index contributed by atoms with van der Waals surface area (Å²) in [5, 5.41) is 20.0. The van der Waals surface area contributed by atoms with Gasteiger partial charge >= 0.3 is 0 Å². The van der Waals surface area contributed by atoms with Gasteiger partial charge in [-0.05, 0) is 42.2 Å². The summed E-state index contributed by atoms with van der Waals surface area (Å²) in [4.78, 5) is 13.4. The summed E-state index contributed by atoms with van der Waals surface area (Å²) in [5.41, 5.74) is 2.81. The lowest BCUT2D eigenvalue weighted by Gasteiger charge is -2.20. The Hall–Kier alpha value is -3.83. The number of aliphatic hydroxyl groups excluding tert-OH is 1. The first-order valence-electron chi connectivity index (χ1n) is 10.7. The van der Waals surface area contributed by atoms with Crippen molar-refractivity contribution in [3.63, 3.8) is 0 Å². The maximum Gasteiger partial charge on any atom is 0.262 e. The van der Waals surface area contributed by atoms with E-state index in [2.05, 4.69) is 30.7 Å². The highest BCUT2D eigenvalue weighted by Gasteiger charge is 2.24. The van der Waals surface area contributed by atoms with E-state index in [1.54, 1.807) is 18.3 Å². The highest BCUT2D eigenvalue weighted by atomic mass is 32.2. The van der Waals surface area contributed by atoms with E-state index in [1.165, 1.54) is 6.33 Å². The molecule has 0 spiro atoms. The molecule has 10 nitrogen and oxygen atoms in total. The lowest BCUT2D eigenvalue weighted by atomic mass is 10.1. The zero-order chi connectivity index (χ0) is 23.5. The first-order chi connectivity index (χ1) is 16.5. The van der Waals surface area contributed by atoms with Crippen molar-refractivity contribution in [3.8, 4) is 11.5 Å². The van der Waals surface area contributed by atoms with Gasteiger partial charge in [0, 0.05) is 11.9 Å². The maximum atomic E-state index is 12.3. The molecule has 34 heavy (non-hydrogen) atoms. The van der Waals surface area contributed by atoms with Crippen LogP contribution in [0.3, 0.4) is 0 Å². The van der Waals surface area contributed by atoms with Gasteiger partial charge in [0.2, 0.25) is 5.95 Å². The van der Waals surface area contributed by atoms with Gasteiger partial charge in [-0.1, -0.05) is 35.5 Å². The van der Waals surface area contributed by atoms with Crippen LogP contribution in [0.1, 0.15) is 23.6 Å². The molecule has 1 atom stereocenters. The van der Waals surface area contributed by atoms with Crippen molar-refractivity contribution in [2.45, 2.75) is 23.8 Å². The fraction of sp³-hybridized carbons (Fsp3) is 0.217. The van der Waals surface area contributed by atoms with Crippen LogP contribution in [0, 0.1) is 0 Å². The van der Waals surface area contributed by atoms with Crippen LogP contribution >= 0.6 is 0 Å². The monoisotopic (exact) mass is 478 g/mol. The van der Waals surface area contributed by atoms with Gasteiger partial charge in [-0.15, -0.1) is 0 Å². The van der Waals surface area contributed by atoms with Crippen LogP contribution in [0.25, 0.3) is 11.5 Å². The summed E-state index contributed by atoms with van der Waals surface area (Å²) in [5.74, 6) is 1.09. The predicted molar refractivity (Wildman–Crippen MR) is 125 cm³/mol. The number of benzene rings is 2. The van der Waals surface area contributed by atoms with Crippen molar-refractivity contribution in [1.82, 2.24) is 20.1 Å². The Morgan fingerprint density at radius 1 is 1.12 bits per heavy atom. The van der Waals surface area contributed by atoms with Crippen molar-refractivity contribution >= 4 is 27.3 Å². The van der Waals surface area contributed by atoms with Crippen LogP contribution in [0.4, 0.5) is 17.5 Å². The normalized spacial score (nSPS) is 15.3. The standard InChI is InChI=1S/C23H22N6O4S/c30-13-19(15-5-2-1-3-6-15)28-21-18(22-25-14-26-33-22)12-24-23(29-21)27-17-8-9-20-16(11-17)7-4-10-34(20,31)32/h1-3,5-6,8-9,11-12,14,19,30H,4,7,10,13H2,(H2,24,27,28,29)/t19-/m1/s1. The minimum atomic E-state index is -3.23. The van der Waals surface area contributed by atoms with E-state index in [-0.39, 0.29) is 24.2 Å². The smallest absolute Gasteiger partial charge is 0.262 e. The Bertz CT molecular complexity index is 1390. The summed E-state index contributed by atoms with van der Waals surface area (Å²) in [7, 11) is -3.23. The van der Waals surface area contributed by atoms with Gasteiger partial charge in [0.05, 0.1) is 23.3 Å². The number of hydrogen-bond donors (Lipinski definition) is 3. The third-order valence-electron chi connectivity index (χ3n) is 5.59. The lowest BCUT2D eigenvalue weighted by Crippen LogP contribution is -2.17. The van der Waals surface area contributed by atoms with Gasteiger partial charge in [-0.3, -0.25) is 0 Å². The molecule has 2 aromatic carbocycles. The zero-order valence-electron chi connectivity index (χ0n) is 18.0. The van der Waals surface area contributed by atoms with Gasteiger partial charge in [0.15, 0.2) is 16.2 Å². The molecule has 0 bridgehead atoms. The number of sulfone groups is 1. The second kappa shape index (κ2) is 9.20. The van der Waals surface area contributed by atoms with E-state index in [0.29, 0.717) is 34.8 Å². The molecule has 11 heteroatoms. The van der Waals surface area contributed by atoms with Crippen molar-refractivity contribution in [3.05, 3.63) is 72.2 Å². The third-order valence-corrected chi connectivity index (χ3v) is 7.48. The van der Waals surface area contributed by atoms with E-state index in [1.807, 2.05) is 36.4 Å². The van der Waals surface area contributed by atoms with Crippen LogP contribution in [-0.2, 0) is 16.3 Å². The molecule has 2 aromatic heterocycles. The molecule has 0 fully saturated rings. The van der Waals surface area contributed by atoms with E-state index < -0.39 is 15.9 Å². The minimum absolute atomic E-state index is 0.167. The molecule has 0 saturated carbocycles. The molecular weight excluding hydrogens is 456 g/mol. The Kier molecular flexibility index (Phi) is 5.95. The summed E-state index contributed by atoms with van der Waals surface area (Å²) in [6.45, 7) is -0.167. The number of nitrogens with zero attached hydrogens (tertiary/aromatic N) is 4. The molecule has 0 unspecified atom stereocenters. The molecule has 5 rings (SSSR count). The van der Waals surface area contributed by atoms with Crippen molar-refractivity contribution in [2.75, 3.05) is 23.0 Å². The fourth-order valence-electron chi connectivity index (χ4n) is 3.93. The third kappa shape index (κ3) is 4.47. The fourth-order valence-corrected chi connectivity index (χ4v) is 5.51. The molecule has 1 aliphatic heterocycles. The van der Waals surface area contributed by atoms with Gasteiger partial charge in [0.25, 0.3) is 5.89 Å². The number of aliphatic hydroxyl groups is 1. The second-order valence-corrected chi connectivity index (χ2v) is 9.94. The van der Waals surface area contributed by atoms with Crippen LogP contribution < -0.4 is 10.6 Å². The zero-order valence-corrected chi connectivity index (χ0v) is 18.9. The highest BCUT2D eigenvalue weighted by molar-refractivity contribution is 7.91. The number of fused-ring (bicyclic) bond motifs is 1. The number of nitrogens with one attached hydrogen (secondary N) is 2. The molecule has 174 valence electrons. The molecule has 1 aliphatic rings. The quantitative estimate of drug-likeness (QED) is 0.362. The first-order valence-corrected chi connectivity index (χ1v) is 12.4. The van der Waals surface area contributed by atoms with E-state index in [4.69, 9.17) is 4.52 Å². The Morgan fingerprint density at radius 3 is 2.74 bits per heavy atom. The Morgan fingerprint density at radius 2 is 1.97 bits per heavy atom. The lowest BCUT2D eigenvalue weighted by molar-refractivity contribution is 0.276. The molecule has 0 aliphatic carbocycles. The van der Waals surface area contributed by atoms with Crippen molar-refractivity contribution in [1.29, 1.82) is 0 Å². The topological polar surface area (TPSA) is 143 Å². The van der Waals surface area contributed by atoms with Crippen LogP contribution in [-0.4, -0.2) is 46.0 Å². The molecule has 0 radical (unpaired) electrons. The van der Waals surface area contributed by atoms with Gasteiger partial charge < -0.3 is 20.3 Å². The molecule has 3 N–H and O–H groups in total. The van der Waals surface area contributed by atoms with Crippen LogP contribution in [0.5, 0.6) is 0 Å². The van der Waals surface area contributed by atoms with Crippen LogP contribution in [0.2, 0.25) is 0 Å². The predicted octanol–water partition coefficient (Wildman–Crippen LogP) is 3.14. The van der Waals surface area contributed by atoms with E-state index in [0.717, 1.165) is 11.1 Å². The number of rotatable bonds is 7. The first kappa shape index (κ1) is 22.0.